The second kappa shape index (κ2) is 9.50. The number of carbonyl (C=O) groups is 2. The predicted molar refractivity (Wildman–Crippen MR) is 95.0 cm³/mol. The zero-order chi connectivity index (χ0) is 21.6. The first kappa shape index (κ1) is 22.3. The van der Waals surface area contributed by atoms with Crippen LogP contribution in [0.25, 0.3) is 0 Å². The van der Waals surface area contributed by atoms with Crippen LogP contribution >= 0.6 is 0 Å². The maximum absolute atomic E-state index is 12.7. The fraction of sp³-hybridized carbons (Fsp3) is 0.444. The second-order valence-corrected chi connectivity index (χ2v) is 6.57. The van der Waals surface area contributed by atoms with Crippen LogP contribution in [-0.4, -0.2) is 62.9 Å². The lowest BCUT2D eigenvalue weighted by Crippen LogP contribution is -2.35. The van der Waals surface area contributed by atoms with Gasteiger partial charge in [0.15, 0.2) is 0 Å². The number of fused-ring (bicyclic) bond motifs is 1. The van der Waals surface area contributed by atoms with E-state index in [9.17, 15) is 18.0 Å². The number of rotatable bonds is 3. The number of carboxylic acids is 1. The molecule has 0 aliphatic carbocycles. The Hall–Kier alpha value is -2.95. The third-order valence-corrected chi connectivity index (χ3v) is 4.15. The van der Waals surface area contributed by atoms with Crippen molar-refractivity contribution in [3.63, 3.8) is 0 Å². The Balaban J connectivity index is 0.000000370. The molecule has 0 saturated heterocycles. The van der Waals surface area contributed by atoms with Crippen LogP contribution in [0.4, 0.5) is 13.2 Å². The van der Waals surface area contributed by atoms with Gasteiger partial charge in [0.2, 0.25) is 0 Å². The number of alkyl halides is 3. The van der Waals surface area contributed by atoms with E-state index >= 15 is 0 Å². The number of methoxy groups -OCH3 is 1. The van der Waals surface area contributed by atoms with Crippen molar-refractivity contribution in [2.75, 3.05) is 20.3 Å². The monoisotopic (exact) mass is 414 g/mol. The summed E-state index contributed by atoms with van der Waals surface area (Å²) in [5, 5.41) is 7.12. The van der Waals surface area contributed by atoms with E-state index in [2.05, 4.69) is 14.5 Å². The first-order valence-electron chi connectivity index (χ1n) is 8.61. The summed E-state index contributed by atoms with van der Waals surface area (Å²) in [5.41, 5.74) is 2.57. The molecule has 0 aromatic carbocycles. The first-order chi connectivity index (χ1) is 13.6. The Bertz CT molecular complexity index is 836. The van der Waals surface area contributed by atoms with E-state index in [0.717, 1.165) is 17.8 Å². The van der Waals surface area contributed by atoms with E-state index in [-0.39, 0.29) is 11.8 Å². The number of carboxylic acid groups (broad SMARTS) is 1. The van der Waals surface area contributed by atoms with E-state index in [4.69, 9.17) is 14.6 Å². The molecular weight excluding hydrogens is 393 g/mol. The van der Waals surface area contributed by atoms with Crippen LogP contribution in [0.15, 0.2) is 30.9 Å². The van der Waals surface area contributed by atoms with E-state index in [1.54, 1.807) is 19.4 Å². The summed E-state index contributed by atoms with van der Waals surface area (Å²) >= 11 is 0. The van der Waals surface area contributed by atoms with Gasteiger partial charge >= 0.3 is 12.1 Å². The molecule has 1 atom stereocenters. The molecule has 0 saturated carbocycles. The minimum Gasteiger partial charge on any atom is -0.475 e. The Morgan fingerprint density at radius 3 is 2.52 bits per heavy atom. The molecule has 0 bridgehead atoms. The number of nitrogens with zero attached hydrogens (tertiary/aromatic N) is 4. The summed E-state index contributed by atoms with van der Waals surface area (Å²) in [6, 6.07) is 3.69. The van der Waals surface area contributed by atoms with Gasteiger partial charge in [-0.25, -0.2) is 9.78 Å². The van der Waals surface area contributed by atoms with Crippen molar-refractivity contribution in [1.29, 1.82) is 0 Å². The van der Waals surface area contributed by atoms with Crippen LogP contribution in [0.1, 0.15) is 21.7 Å². The minimum absolute atomic E-state index is 0.0456. The Kier molecular flexibility index (Phi) is 7.32. The molecule has 3 heterocycles. The molecular formula is C18H21F3N4O4. The van der Waals surface area contributed by atoms with Crippen LogP contribution in [-0.2, 0) is 22.6 Å². The van der Waals surface area contributed by atoms with Crippen molar-refractivity contribution in [3.8, 4) is 0 Å². The number of ether oxygens (including phenoxy) is 1. The number of hydrogen-bond acceptors (Lipinski definition) is 5. The van der Waals surface area contributed by atoms with Crippen LogP contribution in [0, 0.1) is 12.8 Å². The highest BCUT2D eigenvalue weighted by Gasteiger charge is 2.38. The predicted octanol–water partition coefficient (Wildman–Crippen LogP) is 2.14. The molecule has 1 aliphatic heterocycles. The van der Waals surface area contributed by atoms with Gasteiger partial charge in [0.1, 0.15) is 5.69 Å². The maximum atomic E-state index is 12.7. The molecule has 0 spiro atoms. The van der Waals surface area contributed by atoms with E-state index in [0.29, 0.717) is 25.4 Å². The van der Waals surface area contributed by atoms with Gasteiger partial charge in [-0.3, -0.25) is 9.78 Å². The summed E-state index contributed by atoms with van der Waals surface area (Å²) < 4.78 is 39.1. The minimum atomic E-state index is -5.08. The third kappa shape index (κ3) is 6.28. The molecule has 1 N–H and O–H groups in total. The smallest absolute Gasteiger partial charge is 0.475 e. The number of imidazole rings is 1. The van der Waals surface area contributed by atoms with Gasteiger partial charge < -0.3 is 19.3 Å². The molecule has 0 radical (unpaired) electrons. The summed E-state index contributed by atoms with van der Waals surface area (Å²) in [7, 11) is 1.69. The van der Waals surface area contributed by atoms with Crippen molar-refractivity contribution in [1.82, 2.24) is 19.4 Å². The number of hydrogen-bond donors (Lipinski definition) is 1. The topological polar surface area (TPSA) is 97.5 Å². The second-order valence-electron chi connectivity index (χ2n) is 6.57. The van der Waals surface area contributed by atoms with Gasteiger partial charge in [0.25, 0.3) is 5.91 Å². The Morgan fingerprint density at radius 1 is 1.28 bits per heavy atom. The highest BCUT2D eigenvalue weighted by Crippen LogP contribution is 2.18. The van der Waals surface area contributed by atoms with E-state index < -0.39 is 12.1 Å². The van der Waals surface area contributed by atoms with Crippen LogP contribution in [0.3, 0.4) is 0 Å². The lowest BCUT2D eigenvalue weighted by molar-refractivity contribution is -0.192. The standard InChI is InChI=1S/C16H20N4O2.C2HF3O2/c1-12-3-4-15(18-5-12)16(21)19-7-13(10-22-2)8-20-11-17-6-14(20)9-19;3-2(4,5)1(6)7/h3-6,11,13H,7-10H2,1-2H3;(H,6,7). The molecule has 158 valence electrons. The molecule has 1 amide bonds. The number of halogens is 3. The number of aryl methyl sites for hydroxylation is 1. The van der Waals surface area contributed by atoms with Crippen molar-refractivity contribution >= 4 is 11.9 Å². The maximum Gasteiger partial charge on any atom is 0.490 e. The fourth-order valence-electron chi connectivity index (χ4n) is 2.80. The quantitative estimate of drug-likeness (QED) is 0.827. The first-order valence-corrected chi connectivity index (χ1v) is 8.61. The van der Waals surface area contributed by atoms with Gasteiger partial charge in [0, 0.05) is 38.5 Å². The number of pyridine rings is 1. The van der Waals surface area contributed by atoms with Gasteiger partial charge in [-0.2, -0.15) is 13.2 Å². The molecule has 1 unspecified atom stereocenters. The molecule has 8 nitrogen and oxygen atoms in total. The summed E-state index contributed by atoms with van der Waals surface area (Å²) in [6.07, 6.45) is 0.274. The van der Waals surface area contributed by atoms with E-state index in [1.165, 1.54) is 0 Å². The average Bonchev–Trinajstić information content (AvgIpc) is 3.00. The fourth-order valence-corrected chi connectivity index (χ4v) is 2.80. The van der Waals surface area contributed by atoms with Crippen LogP contribution < -0.4 is 0 Å². The van der Waals surface area contributed by atoms with Gasteiger partial charge in [-0.1, -0.05) is 6.07 Å². The lowest BCUT2D eigenvalue weighted by atomic mass is 10.1. The molecule has 1 aliphatic rings. The molecule has 2 aromatic heterocycles. The zero-order valence-corrected chi connectivity index (χ0v) is 15.9. The molecule has 2 aromatic rings. The zero-order valence-electron chi connectivity index (χ0n) is 15.9. The van der Waals surface area contributed by atoms with Crippen molar-refractivity contribution < 1.29 is 32.6 Å². The van der Waals surface area contributed by atoms with Crippen molar-refractivity contribution in [3.05, 3.63) is 47.8 Å². The molecule has 11 heteroatoms. The highest BCUT2D eigenvalue weighted by atomic mass is 19.4. The number of carbonyl (C=O) groups excluding carboxylic acids is 1. The molecule has 29 heavy (non-hydrogen) atoms. The number of aromatic nitrogens is 3. The van der Waals surface area contributed by atoms with Crippen LogP contribution in [0.2, 0.25) is 0 Å². The number of aliphatic carboxylic acids is 1. The van der Waals surface area contributed by atoms with Crippen molar-refractivity contribution in [2.24, 2.45) is 5.92 Å². The van der Waals surface area contributed by atoms with Crippen molar-refractivity contribution in [2.45, 2.75) is 26.2 Å². The molecule has 0 fully saturated rings. The number of amides is 1. The van der Waals surface area contributed by atoms with Gasteiger partial charge in [-0.15, -0.1) is 0 Å². The van der Waals surface area contributed by atoms with Gasteiger partial charge in [0.05, 0.1) is 25.2 Å². The van der Waals surface area contributed by atoms with E-state index in [1.807, 2.05) is 30.4 Å². The summed E-state index contributed by atoms with van der Waals surface area (Å²) in [5.74, 6) is -2.56. The van der Waals surface area contributed by atoms with Crippen LogP contribution in [0.5, 0.6) is 0 Å². The lowest BCUT2D eigenvalue weighted by Gasteiger charge is -2.23. The largest absolute Gasteiger partial charge is 0.490 e. The Morgan fingerprint density at radius 2 is 1.97 bits per heavy atom. The Labute approximate surface area is 164 Å². The average molecular weight is 414 g/mol. The summed E-state index contributed by atoms with van der Waals surface area (Å²) in [6.45, 7) is 4.59. The third-order valence-electron chi connectivity index (χ3n) is 4.15. The molecule has 3 rings (SSSR count). The SMILES string of the molecule is COCC1CN(C(=O)c2ccc(C)cn2)Cc2cncn2C1.O=C(O)C(F)(F)F. The highest BCUT2D eigenvalue weighted by molar-refractivity contribution is 5.92. The normalized spacial score (nSPS) is 16.3. The summed E-state index contributed by atoms with van der Waals surface area (Å²) in [4.78, 5) is 31.9. The van der Waals surface area contributed by atoms with Gasteiger partial charge in [-0.05, 0) is 18.6 Å².